The molecule has 1 amide bonds. The van der Waals surface area contributed by atoms with Crippen LogP contribution in [-0.2, 0) is 6.54 Å². The second kappa shape index (κ2) is 7.35. The molecule has 0 atom stereocenters. The normalized spacial score (nSPS) is 10.3. The number of halogens is 1. The number of aromatic nitrogens is 2. The van der Waals surface area contributed by atoms with E-state index in [0.717, 1.165) is 23.1 Å². The van der Waals surface area contributed by atoms with E-state index in [9.17, 15) is 4.79 Å². The number of nitrogens with zero attached hydrogens (tertiary/aromatic N) is 2. The smallest absolute Gasteiger partial charge is 0.255 e. The minimum absolute atomic E-state index is 0.162. The summed E-state index contributed by atoms with van der Waals surface area (Å²) in [7, 11) is 0. The molecule has 0 saturated carbocycles. The molecule has 106 valence electrons. The van der Waals surface area contributed by atoms with Crippen molar-refractivity contribution in [2.24, 2.45) is 0 Å². The summed E-state index contributed by atoms with van der Waals surface area (Å²) in [5, 5.41) is 7.92. The number of carbonyl (C=O) groups is 1. The first-order valence-electron chi connectivity index (χ1n) is 6.25. The molecule has 0 unspecified atom stereocenters. The van der Waals surface area contributed by atoms with E-state index in [-0.39, 0.29) is 5.91 Å². The van der Waals surface area contributed by atoms with Crippen molar-refractivity contribution in [3.05, 3.63) is 38.9 Å². The van der Waals surface area contributed by atoms with Crippen molar-refractivity contribution < 1.29 is 4.79 Å². The average Bonchev–Trinajstić information content (AvgIpc) is 2.96. The van der Waals surface area contributed by atoms with Gasteiger partial charge in [-0.15, -0.1) is 11.3 Å². The average molecular weight is 355 g/mol. The van der Waals surface area contributed by atoms with Crippen LogP contribution >= 0.6 is 27.3 Å². The lowest BCUT2D eigenvalue weighted by molar-refractivity contribution is 0.0951. The molecule has 0 aromatic carbocycles. The fourth-order valence-electron chi connectivity index (χ4n) is 1.59. The number of rotatable bonds is 6. The Balaban J connectivity index is 2.08. The maximum absolute atomic E-state index is 12.2. The van der Waals surface area contributed by atoms with Crippen molar-refractivity contribution in [1.82, 2.24) is 15.3 Å². The van der Waals surface area contributed by atoms with E-state index < -0.39 is 0 Å². The molecule has 0 aliphatic carbocycles. The first-order valence-corrected chi connectivity index (χ1v) is 7.99. The first kappa shape index (κ1) is 14.9. The van der Waals surface area contributed by atoms with Crippen molar-refractivity contribution >= 4 is 39.0 Å². The summed E-state index contributed by atoms with van der Waals surface area (Å²) < 4.78 is 0.776. The van der Waals surface area contributed by atoms with E-state index in [1.54, 1.807) is 17.8 Å². The second-order valence-corrected chi connectivity index (χ2v) is 5.77. The lowest BCUT2D eigenvalue weighted by atomic mass is 10.2. The molecule has 2 rings (SSSR count). The highest BCUT2D eigenvalue weighted by molar-refractivity contribution is 9.10. The molecule has 0 fully saturated rings. The van der Waals surface area contributed by atoms with Crippen LogP contribution in [0.5, 0.6) is 0 Å². The monoisotopic (exact) mass is 354 g/mol. The van der Waals surface area contributed by atoms with Gasteiger partial charge in [0.1, 0.15) is 5.82 Å². The predicted octanol–water partition coefficient (Wildman–Crippen LogP) is 3.05. The van der Waals surface area contributed by atoms with Crippen LogP contribution in [0.1, 0.15) is 29.4 Å². The molecule has 0 bridgehead atoms. The minimum Gasteiger partial charge on any atom is -0.369 e. The third-order valence-corrected chi connectivity index (χ3v) is 3.62. The van der Waals surface area contributed by atoms with Crippen LogP contribution < -0.4 is 10.6 Å². The van der Waals surface area contributed by atoms with Gasteiger partial charge >= 0.3 is 0 Å². The Bertz CT molecular complexity index is 574. The van der Waals surface area contributed by atoms with Crippen molar-refractivity contribution in [3.8, 4) is 0 Å². The van der Waals surface area contributed by atoms with Gasteiger partial charge in [0.15, 0.2) is 0 Å². The molecule has 5 nitrogen and oxygen atoms in total. The van der Waals surface area contributed by atoms with Gasteiger partial charge in [0.25, 0.3) is 5.91 Å². The summed E-state index contributed by atoms with van der Waals surface area (Å²) in [6.07, 6.45) is 2.65. The van der Waals surface area contributed by atoms with Crippen LogP contribution in [0.25, 0.3) is 0 Å². The van der Waals surface area contributed by atoms with Crippen molar-refractivity contribution in [1.29, 1.82) is 0 Å². The van der Waals surface area contributed by atoms with Crippen LogP contribution in [0.3, 0.4) is 0 Å². The number of thiazole rings is 1. The summed E-state index contributed by atoms with van der Waals surface area (Å²) in [6, 6.07) is 1.77. The Morgan fingerprint density at radius 2 is 2.30 bits per heavy atom. The van der Waals surface area contributed by atoms with Crippen LogP contribution in [0.15, 0.2) is 27.6 Å². The number of anilines is 1. The van der Waals surface area contributed by atoms with Gasteiger partial charge in [-0.1, -0.05) is 6.92 Å². The number of pyridine rings is 1. The van der Waals surface area contributed by atoms with Gasteiger partial charge in [0.05, 0.1) is 23.3 Å². The maximum Gasteiger partial charge on any atom is 0.255 e. The Kier molecular flexibility index (Phi) is 5.49. The first-order chi connectivity index (χ1) is 9.70. The molecule has 2 aromatic heterocycles. The van der Waals surface area contributed by atoms with E-state index in [1.165, 1.54) is 11.3 Å². The van der Waals surface area contributed by atoms with Crippen molar-refractivity contribution in [2.75, 3.05) is 11.9 Å². The molecular weight excluding hydrogens is 340 g/mol. The van der Waals surface area contributed by atoms with Gasteiger partial charge in [0.2, 0.25) is 0 Å². The number of amides is 1. The fourth-order valence-corrected chi connectivity index (χ4v) is 2.48. The molecule has 0 aliphatic rings. The van der Waals surface area contributed by atoms with E-state index in [2.05, 4.69) is 43.5 Å². The van der Waals surface area contributed by atoms with E-state index in [0.29, 0.717) is 17.9 Å². The Hall–Kier alpha value is -1.47. The quantitative estimate of drug-likeness (QED) is 0.836. The van der Waals surface area contributed by atoms with E-state index in [4.69, 9.17) is 0 Å². The molecule has 0 spiro atoms. The summed E-state index contributed by atoms with van der Waals surface area (Å²) >= 11 is 4.85. The molecular formula is C13H15BrN4OS. The maximum atomic E-state index is 12.2. The Morgan fingerprint density at radius 3 is 3.00 bits per heavy atom. The predicted molar refractivity (Wildman–Crippen MR) is 84.0 cm³/mol. The zero-order valence-electron chi connectivity index (χ0n) is 11.0. The highest BCUT2D eigenvalue weighted by atomic mass is 79.9. The molecule has 20 heavy (non-hydrogen) atoms. The minimum atomic E-state index is -0.162. The molecule has 2 heterocycles. The number of hydrogen-bond acceptors (Lipinski definition) is 5. The molecule has 0 aliphatic heterocycles. The Labute approximate surface area is 130 Å². The zero-order valence-corrected chi connectivity index (χ0v) is 13.4. The summed E-state index contributed by atoms with van der Waals surface area (Å²) in [5.41, 5.74) is 3.13. The highest BCUT2D eigenvalue weighted by Crippen LogP contribution is 2.18. The third kappa shape index (κ3) is 4.01. The largest absolute Gasteiger partial charge is 0.369 e. The van der Waals surface area contributed by atoms with Gasteiger partial charge in [0, 0.05) is 22.6 Å². The van der Waals surface area contributed by atoms with Crippen LogP contribution in [0.2, 0.25) is 0 Å². The van der Waals surface area contributed by atoms with Gasteiger partial charge in [-0.25, -0.2) is 9.97 Å². The van der Waals surface area contributed by atoms with E-state index >= 15 is 0 Å². The summed E-state index contributed by atoms with van der Waals surface area (Å²) in [5.74, 6) is 0.441. The van der Waals surface area contributed by atoms with Gasteiger partial charge in [-0.05, 0) is 28.4 Å². The van der Waals surface area contributed by atoms with Crippen molar-refractivity contribution in [3.63, 3.8) is 0 Å². The van der Waals surface area contributed by atoms with Gasteiger partial charge in [-0.2, -0.15) is 0 Å². The van der Waals surface area contributed by atoms with Crippen LogP contribution in [0, 0.1) is 0 Å². The second-order valence-electron chi connectivity index (χ2n) is 4.14. The lowest BCUT2D eigenvalue weighted by Crippen LogP contribution is -2.24. The number of carbonyl (C=O) groups excluding carboxylic acids is 1. The SMILES string of the molecule is CCCNc1ncc(Br)cc1C(=O)NCc1cscn1. The molecule has 2 aromatic rings. The summed E-state index contributed by atoms with van der Waals surface area (Å²) in [6.45, 7) is 3.26. The molecule has 7 heteroatoms. The van der Waals surface area contributed by atoms with E-state index in [1.807, 2.05) is 5.38 Å². The fraction of sp³-hybridized carbons (Fsp3) is 0.308. The molecule has 2 N–H and O–H groups in total. The Morgan fingerprint density at radius 1 is 1.45 bits per heavy atom. The van der Waals surface area contributed by atoms with Crippen molar-refractivity contribution in [2.45, 2.75) is 19.9 Å². The number of hydrogen-bond donors (Lipinski definition) is 2. The summed E-state index contributed by atoms with van der Waals surface area (Å²) in [4.78, 5) is 20.6. The lowest BCUT2D eigenvalue weighted by Gasteiger charge is -2.10. The third-order valence-electron chi connectivity index (χ3n) is 2.55. The zero-order chi connectivity index (χ0) is 14.4. The number of nitrogens with one attached hydrogen (secondary N) is 2. The highest BCUT2D eigenvalue weighted by Gasteiger charge is 2.13. The van der Waals surface area contributed by atoms with Gasteiger partial charge < -0.3 is 10.6 Å². The molecule has 0 radical (unpaired) electrons. The van der Waals surface area contributed by atoms with Crippen LogP contribution in [-0.4, -0.2) is 22.4 Å². The molecule has 0 saturated heterocycles. The standard InChI is InChI=1S/C13H15BrN4OS/c1-2-3-15-12-11(4-9(14)5-16-12)13(19)17-6-10-7-20-8-18-10/h4-5,7-8H,2-3,6H2,1H3,(H,15,16)(H,17,19). The topological polar surface area (TPSA) is 66.9 Å². The van der Waals surface area contributed by atoms with Crippen LogP contribution in [0.4, 0.5) is 5.82 Å². The van der Waals surface area contributed by atoms with Gasteiger partial charge in [-0.3, -0.25) is 4.79 Å².